The smallest absolute Gasteiger partial charge is 0.243 e. The van der Waals surface area contributed by atoms with Crippen molar-refractivity contribution in [3.8, 4) is 0 Å². The lowest BCUT2D eigenvalue weighted by atomic mass is 9.98. The number of benzene rings is 1. The first kappa shape index (κ1) is 15.0. The van der Waals surface area contributed by atoms with E-state index in [1.54, 1.807) is 6.07 Å². The molecule has 1 aromatic carbocycles. The van der Waals surface area contributed by atoms with Gasteiger partial charge in [0.1, 0.15) is 6.04 Å². The molecule has 2 atom stereocenters. The zero-order valence-corrected chi connectivity index (χ0v) is 12.8. The molecule has 1 N–H and O–H groups in total. The van der Waals surface area contributed by atoms with E-state index in [9.17, 15) is 13.2 Å². The van der Waals surface area contributed by atoms with E-state index in [2.05, 4.69) is 5.32 Å². The topological polar surface area (TPSA) is 66.5 Å². The first-order valence-corrected chi connectivity index (χ1v) is 8.55. The quantitative estimate of drug-likeness (QED) is 0.925. The number of carbonyl (C=O) groups is 1. The molecule has 2 unspecified atom stereocenters. The van der Waals surface area contributed by atoms with Crippen LogP contribution in [0.1, 0.15) is 25.8 Å². The van der Waals surface area contributed by atoms with Crippen molar-refractivity contribution >= 4 is 21.6 Å². The van der Waals surface area contributed by atoms with E-state index in [4.69, 9.17) is 0 Å². The van der Waals surface area contributed by atoms with Crippen LogP contribution in [-0.4, -0.2) is 30.9 Å². The van der Waals surface area contributed by atoms with Crippen LogP contribution >= 0.6 is 0 Å². The summed E-state index contributed by atoms with van der Waals surface area (Å²) in [4.78, 5) is 12.4. The number of hydrogen-bond donors (Lipinski definition) is 1. The van der Waals surface area contributed by atoms with Crippen LogP contribution in [0.3, 0.4) is 0 Å². The molecule has 0 fully saturated rings. The number of fused-ring (bicyclic) bond motifs is 1. The Balaban J connectivity index is 2.51. The zero-order valence-electron chi connectivity index (χ0n) is 12.0. The number of nitrogens with one attached hydrogen (secondary N) is 1. The van der Waals surface area contributed by atoms with E-state index in [-0.39, 0.29) is 18.4 Å². The number of para-hydroxylation sites is 1. The predicted molar refractivity (Wildman–Crippen MR) is 78.7 cm³/mol. The van der Waals surface area contributed by atoms with Crippen LogP contribution in [0, 0.1) is 5.92 Å². The van der Waals surface area contributed by atoms with Crippen LogP contribution in [-0.2, 0) is 21.4 Å². The van der Waals surface area contributed by atoms with Gasteiger partial charge in [0, 0.05) is 12.2 Å². The summed E-state index contributed by atoms with van der Waals surface area (Å²) >= 11 is 0. The van der Waals surface area contributed by atoms with Gasteiger partial charge in [-0.3, -0.25) is 4.79 Å². The SMILES string of the molecule is CCC(C)C1C(=O)Nc2ccccc2CN1S(C)(=O)=O. The van der Waals surface area contributed by atoms with Gasteiger partial charge in [0.25, 0.3) is 0 Å². The molecule has 1 aliphatic rings. The molecule has 1 aromatic rings. The highest BCUT2D eigenvalue weighted by Crippen LogP contribution is 2.28. The first-order chi connectivity index (χ1) is 9.34. The number of hydrogen-bond acceptors (Lipinski definition) is 3. The predicted octanol–water partition coefficient (Wildman–Crippen LogP) is 1.81. The molecule has 0 aliphatic carbocycles. The maximum Gasteiger partial charge on any atom is 0.243 e. The monoisotopic (exact) mass is 296 g/mol. The molecule has 0 radical (unpaired) electrons. The Morgan fingerprint density at radius 3 is 2.65 bits per heavy atom. The first-order valence-electron chi connectivity index (χ1n) is 6.70. The van der Waals surface area contributed by atoms with Crippen LogP contribution in [0.4, 0.5) is 5.69 Å². The molecule has 110 valence electrons. The van der Waals surface area contributed by atoms with Crippen LogP contribution in [0.15, 0.2) is 24.3 Å². The van der Waals surface area contributed by atoms with Gasteiger partial charge in [0.15, 0.2) is 0 Å². The third kappa shape index (κ3) is 2.86. The van der Waals surface area contributed by atoms with Crippen LogP contribution in [0.25, 0.3) is 0 Å². The van der Waals surface area contributed by atoms with Gasteiger partial charge in [-0.05, 0) is 17.5 Å². The van der Waals surface area contributed by atoms with Crippen molar-refractivity contribution in [1.29, 1.82) is 0 Å². The molecule has 1 amide bonds. The highest BCUT2D eigenvalue weighted by atomic mass is 32.2. The van der Waals surface area contributed by atoms with E-state index in [0.717, 1.165) is 18.2 Å². The van der Waals surface area contributed by atoms with E-state index in [1.165, 1.54) is 4.31 Å². The summed E-state index contributed by atoms with van der Waals surface area (Å²) in [5.41, 5.74) is 1.51. The van der Waals surface area contributed by atoms with Gasteiger partial charge in [-0.1, -0.05) is 38.5 Å². The Hall–Kier alpha value is -1.40. The second-order valence-electron chi connectivity index (χ2n) is 5.28. The van der Waals surface area contributed by atoms with E-state index in [0.29, 0.717) is 5.69 Å². The molecule has 0 bridgehead atoms. The van der Waals surface area contributed by atoms with Gasteiger partial charge >= 0.3 is 0 Å². The van der Waals surface area contributed by atoms with Crippen molar-refractivity contribution in [3.05, 3.63) is 29.8 Å². The fraction of sp³-hybridized carbons (Fsp3) is 0.500. The van der Waals surface area contributed by atoms with E-state index >= 15 is 0 Å². The van der Waals surface area contributed by atoms with Crippen LogP contribution in [0.5, 0.6) is 0 Å². The standard InChI is InChI=1S/C14H20N2O3S/c1-4-10(2)13-14(17)15-12-8-6-5-7-11(12)9-16(13)20(3,18)19/h5-8,10,13H,4,9H2,1-3H3,(H,15,17). The number of rotatable bonds is 3. The highest BCUT2D eigenvalue weighted by Gasteiger charge is 2.38. The lowest BCUT2D eigenvalue weighted by Gasteiger charge is -2.30. The van der Waals surface area contributed by atoms with Gasteiger partial charge in [0.2, 0.25) is 15.9 Å². The maximum absolute atomic E-state index is 12.4. The zero-order chi connectivity index (χ0) is 14.9. The fourth-order valence-corrected chi connectivity index (χ4v) is 3.56. The minimum absolute atomic E-state index is 0.0426. The number of amides is 1. The molecule has 5 nitrogen and oxygen atoms in total. The second-order valence-corrected chi connectivity index (χ2v) is 7.22. The summed E-state index contributed by atoms with van der Waals surface area (Å²) in [5, 5.41) is 2.84. The summed E-state index contributed by atoms with van der Waals surface area (Å²) in [7, 11) is -3.46. The molecule has 1 heterocycles. The molecular weight excluding hydrogens is 276 g/mol. The normalized spacial score (nSPS) is 21.8. The minimum atomic E-state index is -3.46. The number of anilines is 1. The van der Waals surface area contributed by atoms with Crippen molar-refractivity contribution < 1.29 is 13.2 Å². The average Bonchev–Trinajstić information content (AvgIpc) is 2.53. The summed E-state index contributed by atoms with van der Waals surface area (Å²) in [5.74, 6) is -0.297. The Kier molecular flexibility index (Phi) is 4.15. The summed E-state index contributed by atoms with van der Waals surface area (Å²) < 4.78 is 25.5. The Morgan fingerprint density at radius 1 is 1.40 bits per heavy atom. The van der Waals surface area contributed by atoms with Crippen molar-refractivity contribution in [3.63, 3.8) is 0 Å². The molecule has 0 spiro atoms. The Morgan fingerprint density at radius 2 is 2.05 bits per heavy atom. The van der Waals surface area contributed by atoms with E-state index < -0.39 is 16.1 Å². The molecule has 0 aromatic heterocycles. The molecule has 0 saturated heterocycles. The van der Waals surface area contributed by atoms with Gasteiger partial charge in [-0.2, -0.15) is 4.31 Å². The molecule has 2 rings (SSSR count). The van der Waals surface area contributed by atoms with Crippen molar-refractivity contribution in [2.75, 3.05) is 11.6 Å². The minimum Gasteiger partial charge on any atom is -0.324 e. The van der Waals surface area contributed by atoms with Gasteiger partial charge in [0.05, 0.1) is 6.26 Å². The summed E-state index contributed by atoms with van der Waals surface area (Å²) in [6, 6.07) is 6.64. The summed E-state index contributed by atoms with van der Waals surface area (Å²) in [6.45, 7) is 4.08. The third-order valence-corrected chi connectivity index (χ3v) is 5.00. The highest BCUT2D eigenvalue weighted by molar-refractivity contribution is 7.88. The van der Waals surface area contributed by atoms with Gasteiger partial charge in [-0.25, -0.2) is 8.42 Å². The molecule has 0 saturated carbocycles. The van der Waals surface area contributed by atoms with Gasteiger partial charge in [-0.15, -0.1) is 0 Å². The lowest BCUT2D eigenvalue weighted by Crippen LogP contribution is -2.48. The third-order valence-electron chi connectivity index (χ3n) is 3.79. The molecule has 6 heteroatoms. The van der Waals surface area contributed by atoms with Crippen LogP contribution in [0.2, 0.25) is 0 Å². The molecular formula is C14H20N2O3S. The average molecular weight is 296 g/mol. The molecule has 20 heavy (non-hydrogen) atoms. The van der Waals surface area contributed by atoms with Gasteiger partial charge < -0.3 is 5.32 Å². The maximum atomic E-state index is 12.4. The Bertz CT molecular complexity index is 613. The largest absolute Gasteiger partial charge is 0.324 e. The number of sulfonamides is 1. The van der Waals surface area contributed by atoms with E-state index in [1.807, 2.05) is 32.0 Å². The number of carbonyl (C=O) groups excluding carboxylic acids is 1. The number of nitrogens with zero attached hydrogens (tertiary/aromatic N) is 1. The summed E-state index contributed by atoms with van der Waals surface area (Å²) in [6.07, 6.45) is 1.89. The van der Waals surface area contributed by atoms with Crippen molar-refractivity contribution in [2.24, 2.45) is 5.92 Å². The second kappa shape index (κ2) is 5.54. The van der Waals surface area contributed by atoms with Crippen LogP contribution < -0.4 is 5.32 Å². The lowest BCUT2D eigenvalue weighted by molar-refractivity contribution is -0.121. The van der Waals surface area contributed by atoms with Crippen molar-refractivity contribution in [2.45, 2.75) is 32.9 Å². The fourth-order valence-electron chi connectivity index (χ4n) is 2.47. The van der Waals surface area contributed by atoms with Crippen molar-refractivity contribution in [1.82, 2.24) is 4.31 Å². The molecule has 1 aliphatic heterocycles. The Labute approximate surface area is 120 Å².